The highest BCUT2D eigenvalue weighted by atomic mass is 33.2. The molecule has 11 heteroatoms. The van der Waals surface area contributed by atoms with Crippen molar-refractivity contribution in [2.24, 2.45) is 0 Å². The number of rotatable bonds is 5. The highest BCUT2D eigenvalue weighted by Gasteiger charge is 2.31. The molecule has 1 fully saturated rings. The molecule has 0 radical (unpaired) electrons. The average Bonchev–Trinajstić information content (AvgIpc) is 2.61. The van der Waals surface area contributed by atoms with E-state index >= 15 is 0 Å². The molecule has 1 aliphatic heterocycles. The van der Waals surface area contributed by atoms with E-state index in [1.54, 1.807) is 11.0 Å². The van der Waals surface area contributed by atoms with E-state index in [0.29, 0.717) is 38.2 Å². The number of nitrogens with zero attached hydrogens (tertiary/aromatic N) is 2. The molecule has 1 atom stereocenters. The molecule has 8 nitrogen and oxygen atoms in total. The summed E-state index contributed by atoms with van der Waals surface area (Å²) in [6.45, 7) is 11.3. The summed E-state index contributed by atoms with van der Waals surface area (Å²) in [7, 11) is -4.29. The first-order chi connectivity index (χ1) is 13.4. The van der Waals surface area contributed by atoms with Crippen molar-refractivity contribution in [3.8, 4) is 0 Å². The molecule has 0 bridgehead atoms. The lowest BCUT2D eigenvalue weighted by atomic mass is 10.00. The smallest absolute Gasteiger partial charge is 0.410 e. The Balaban J connectivity index is 0.00000204. The summed E-state index contributed by atoms with van der Waals surface area (Å²) in [6, 6.07) is -0.413. The van der Waals surface area contributed by atoms with Crippen LogP contribution in [0, 0.1) is 0 Å². The predicted molar refractivity (Wildman–Crippen MR) is 111 cm³/mol. The Morgan fingerprint density at radius 1 is 1.28 bits per heavy atom. The number of ether oxygens (including phenoxy) is 1. The van der Waals surface area contributed by atoms with Crippen molar-refractivity contribution in [2.45, 2.75) is 52.7 Å². The van der Waals surface area contributed by atoms with Crippen LogP contribution >= 0.6 is 11.1 Å². The molecule has 1 amide bonds. The van der Waals surface area contributed by atoms with Crippen molar-refractivity contribution in [1.29, 1.82) is 0 Å². The van der Waals surface area contributed by atoms with Crippen LogP contribution in [0.2, 0.25) is 0 Å². The fourth-order valence-electron chi connectivity index (χ4n) is 2.83. The van der Waals surface area contributed by atoms with Crippen LogP contribution in [0.1, 0.15) is 41.0 Å². The maximum Gasteiger partial charge on any atom is 0.410 e. The summed E-state index contributed by atoms with van der Waals surface area (Å²) in [5.41, 5.74) is -0.0455. The minimum absolute atomic E-state index is 0.0605. The van der Waals surface area contributed by atoms with E-state index in [9.17, 15) is 17.6 Å². The number of hydrogen-bond donors (Lipinski definition) is 1. The zero-order valence-corrected chi connectivity index (χ0v) is 19.2. The van der Waals surface area contributed by atoms with Crippen LogP contribution in [0.5, 0.6) is 0 Å². The van der Waals surface area contributed by atoms with Crippen LogP contribution < -0.4 is 0 Å². The third-order valence-corrected chi connectivity index (χ3v) is 5.20. The molecule has 168 valence electrons. The van der Waals surface area contributed by atoms with Crippen LogP contribution in [0.15, 0.2) is 23.6 Å². The first kappa shape index (κ1) is 25.9. The van der Waals surface area contributed by atoms with Crippen LogP contribution in [0.4, 0.5) is 9.18 Å². The average molecular weight is 455 g/mol. The molecule has 0 aromatic heterocycles. The van der Waals surface area contributed by atoms with Crippen LogP contribution in [0.25, 0.3) is 0 Å². The first-order valence-electron chi connectivity index (χ1n) is 9.51. The summed E-state index contributed by atoms with van der Waals surface area (Å²) in [6.07, 6.45) is 3.15. The van der Waals surface area contributed by atoms with Gasteiger partial charge in [-0.2, -0.15) is 8.42 Å². The third kappa shape index (κ3) is 9.47. The van der Waals surface area contributed by atoms with Crippen molar-refractivity contribution >= 4 is 26.3 Å². The third-order valence-electron chi connectivity index (χ3n) is 4.01. The molecule has 29 heavy (non-hydrogen) atoms. The van der Waals surface area contributed by atoms with Gasteiger partial charge in [-0.15, -0.1) is 0 Å². The second-order valence-electron chi connectivity index (χ2n) is 7.32. The van der Waals surface area contributed by atoms with Crippen molar-refractivity contribution in [3.05, 3.63) is 23.6 Å². The number of carbonyl (C=O) groups is 1. The van der Waals surface area contributed by atoms with Gasteiger partial charge in [0.05, 0.1) is 12.6 Å². The number of halogens is 1. The highest BCUT2D eigenvalue weighted by Crippen LogP contribution is 2.26. The molecular weight excluding hydrogens is 423 g/mol. The SMILES string of the molecule is CC.CC(C)(C)OC(=O)N1CCN(C2CC=C(COSS(=O)(=O)O)C=C2F)CC1. The Hall–Kier alpha value is -1.14. The summed E-state index contributed by atoms with van der Waals surface area (Å²) in [4.78, 5) is 15.7. The van der Waals surface area contributed by atoms with Crippen LogP contribution in [0.3, 0.4) is 0 Å². The van der Waals surface area contributed by atoms with Crippen molar-refractivity contribution in [2.75, 3.05) is 32.8 Å². The standard InChI is InChI=1S/C16H25FN2O6S2.C2H6/c1-16(2,3)25-15(20)19-8-6-18(7-9-19)14-5-4-12(10-13(14)17)11-24-26-27(21,22)23;1-2/h4,10,14H,5-9,11H2,1-3H3,(H,21,22,23);1-2H3. The fourth-order valence-corrected chi connectivity index (χ4v) is 3.64. The van der Waals surface area contributed by atoms with Gasteiger partial charge in [0.1, 0.15) is 11.4 Å². The molecule has 2 rings (SSSR count). The lowest BCUT2D eigenvalue weighted by Crippen LogP contribution is -2.53. The fraction of sp³-hybridized carbons (Fsp3) is 0.722. The zero-order valence-electron chi connectivity index (χ0n) is 17.6. The van der Waals surface area contributed by atoms with E-state index in [-0.39, 0.29) is 29.6 Å². The normalized spacial score (nSPS) is 20.9. The molecule has 1 unspecified atom stereocenters. The largest absolute Gasteiger partial charge is 0.444 e. The van der Waals surface area contributed by atoms with Crippen LogP contribution in [-0.2, 0) is 18.1 Å². The maximum absolute atomic E-state index is 14.5. The van der Waals surface area contributed by atoms with Gasteiger partial charge < -0.3 is 9.64 Å². The van der Waals surface area contributed by atoms with E-state index in [2.05, 4.69) is 0 Å². The zero-order chi connectivity index (χ0) is 22.2. The van der Waals surface area contributed by atoms with Crippen molar-refractivity contribution < 1.29 is 31.1 Å². The van der Waals surface area contributed by atoms with Gasteiger partial charge in [-0.05, 0) is 38.8 Å². The monoisotopic (exact) mass is 454 g/mol. The van der Waals surface area contributed by atoms with E-state index in [1.165, 1.54) is 6.08 Å². The number of amides is 1. The lowest BCUT2D eigenvalue weighted by Gasteiger charge is -2.39. The van der Waals surface area contributed by atoms with Gasteiger partial charge >= 0.3 is 15.2 Å². The Bertz CT molecular complexity index is 710. The Morgan fingerprint density at radius 2 is 1.86 bits per heavy atom. The van der Waals surface area contributed by atoms with Gasteiger partial charge in [-0.1, -0.05) is 19.9 Å². The van der Waals surface area contributed by atoms with Gasteiger partial charge in [0.2, 0.25) is 0 Å². The lowest BCUT2D eigenvalue weighted by molar-refractivity contribution is 0.0111. The van der Waals surface area contributed by atoms with Gasteiger partial charge in [0.15, 0.2) is 11.1 Å². The van der Waals surface area contributed by atoms with E-state index < -0.39 is 20.8 Å². The Morgan fingerprint density at radius 3 is 2.34 bits per heavy atom. The second-order valence-corrected chi connectivity index (χ2v) is 10.2. The molecule has 0 aromatic carbocycles. The summed E-state index contributed by atoms with van der Waals surface area (Å²) < 4.78 is 54.4. The van der Waals surface area contributed by atoms with Crippen LogP contribution in [-0.4, -0.2) is 73.3 Å². The molecule has 0 spiro atoms. The van der Waals surface area contributed by atoms with Gasteiger partial charge in [-0.3, -0.25) is 13.6 Å². The number of hydrogen-bond acceptors (Lipinski definition) is 7. The summed E-state index contributed by atoms with van der Waals surface area (Å²) in [5, 5.41) is 0. The number of carbonyl (C=O) groups excluding carboxylic acids is 1. The molecule has 1 heterocycles. The van der Waals surface area contributed by atoms with Gasteiger partial charge in [0, 0.05) is 26.2 Å². The summed E-state index contributed by atoms with van der Waals surface area (Å²) >= 11 is -0.0605. The minimum Gasteiger partial charge on any atom is -0.444 e. The van der Waals surface area contributed by atoms with E-state index in [4.69, 9.17) is 13.5 Å². The number of piperazine rings is 1. The van der Waals surface area contributed by atoms with Crippen molar-refractivity contribution in [3.63, 3.8) is 0 Å². The topological polar surface area (TPSA) is 96.4 Å². The Labute approximate surface area is 176 Å². The predicted octanol–water partition coefficient (Wildman–Crippen LogP) is 3.59. The minimum atomic E-state index is -4.29. The van der Waals surface area contributed by atoms with E-state index in [1.807, 2.05) is 39.5 Å². The quantitative estimate of drug-likeness (QED) is 0.383. The molecule has 1 saturated heterocycles. The van der Waals surface area contributed by atoms with Gasteiger partial charge in [0.25, 0.3) is 0 Å². The highest BCUT2D eigenvalue weighted by molar-refractivity contribution is 8.67. The van der Waals surface area contributed by atoms with Gasteiger partial charge in [-0.25, -0.2) is 9.18 Å². The maximum atomic E-state index is 14.5. The van der Waals surface area contributed by atoms with Crippen molar-refractivity contribution in [1.82, 2.24) is 9.80 Å². The molecule has 0 saturated carbocycles. The Kier molecular flexibility index (Phi) is 10.1. The molecule has 1 aliphatic carbocycles. The second kappa shape index (κ2) is 11.3. The van der Waals surface area contributed by atoms with E-state index in [0.717, 1.165) is 0 Å². The molecular formula is C18H31FN2O6S2. The molecule has 1 N–H and O–H groups in total. The first-order valence-corrected chi connectivity index (χ1v) is 12.2. The molecule has 2 aliphatic rings. The molecule has 0 aromatic rings. The summed E-state index contributed by atoms with van der Waals surface area (Å²) in [5.74, 6) is -0.335.